The first-order chi connectivity index (χ1) is 16.6. The molecule has 5 heteroatoms. The second kappa shape index (κ2) is 8.43. The van der Waals surface area contributed by atoms with Crippen molar-refractivity contribution in [3.63, 3.8) is 0 Å². The van der Waals surface area contributed by atoms with E-state index in [0.29, 0.717) is 0 Å². The van der Waals surface area contributed by atoms with Gasteiger partial charge in [-0.15, -0.1) is 0 Å². The number of rotatable bonds is 3. The van der Waals surface area contributed by atoms with Crippen LogP contribution in [0.2, 0.25) is 10.0 Å². The molecule has 0 fully saturated rings. The summed E-state index contributed by atoms with van der Waals surface area (Å²) in [6.07, 6.45) is 4.10. The predicted molar refractivity (Wildman–Crippen MR) is 142 cm³/mol. The molecular formula is C29H21Cl2N3. The smallest absolute Gasteiger partial charge is 0.164 e. The number of allylic oxidation sites excluding steroid dienone is 1. The summed E-state index contributed by atoms with van der Waals surface area (Å²) < 4.78 is 1.96. The van der Waals surface area contributed by atoms with Crippen LogP contribution in [0.5, 0.6) is 0 Å². The Bertz CT molecular complexity index is 1550. The van der Waals surface area contributed by atoms with Crippen molar-refractivity contribution < 1.29 is 0 Å². The summed E-state index contributed by atoms with van der Waals surface area (Å²) >= 11 is 12.3. The van der Waals surface area contributed by atoms with Gasteiger partial charge in [-0.3, -0.25) is 0 Å². The molecule has 0 N–H and O–H groups in total. The van der Waals surface area contributed by atoms with E-state index in [9.17, 15) is 0 Å². The predicted octanol–water partition coefficient (Wildman–Crippen LogP) is 8.19. The number of hydrogen-bond acceptors (Lipinski definition) is 2. The number of fused-ring (bicyclic) bond motifs is 2. The fraction of sp³-hybridized carbons (Fsp3) is 0.103. The monoisotopic (exact) mass is 481 g/mol. The molecule has 1 aliphatic carbocycles. The molecule has 0 saturated carbocycles. The Morgan fingerprint density at radius 2 is 1.50 bits per heavy atom. The van der Waals surface area contributed by atoms with E-state index in [1.54, 1.807) is 0 Å². The van der Waals surface area contributed by atoms with Crippen LogP contribution in [0.1, 0.15) is 28.9 Å². The van der Waals surface area contributed by atoms with Crippen LogP contribution in [0.4, 0.5) is 0 Å². The lowest BCUT2D eigenvalue weighted by Gasteiger charge is -2.12. The maximum absolute atomic E-state index is 6.23. The van der Waals surface area contributed by atoms with Crippen molar-refractivity contribution in [1.82, 2.24) is 14.8 Å². The molecule has 6 rings (SSSR count). The molecule has 2 heterocycles. The van der Waals surface area contributed by atoms with Crippen LogP contribution in [-0.4, -0.2) is 14.8 Å². The minimum absolute atomic E-state index is 0.728. The topological polar surface area (TPSA) is 30.7 Å². The molecule has 0 radical (unpaired) electrons. The Hall–Kier alpha value is -3.40. The van der Waals surface area contributed by atoms with Crippen molar-refractivity contribution in [2.24, 2.45) is 0 Å². The van der Waals surface area contributed by atoms with E-state index in [2.05, 4.69) is 37.3 Å². The van der Waals surface area contributed by atoms with Crippen LogP contribution in [0.25, 0.3) is 39.5 Å². The van der Waals surface area contributed by atoms with Gasteiger partial charge in [-0.05, 0) is 90.1 Å². The van der Waals surface area contributed by atoms with Crippen molar-refractivity contribution >= 4 is 45.9 Å². The van der Waals surface area contributed by atoms with Crippen LogP contribution >= 0.6 is 23.2 Å². The summed E-state index contributed by atoms with van der Waals surface area (Å²) in [5.41, 5.74) is 9.84. The normalized spacial score (nSPS) is 14.1. The maximum Gasteiger partial charge on any atom is 0.164 e. The molecule has 5 aromatic rings. The molecule has 0 saturated heterocycles. The Morgan fingerprint density at radius 3 is 2.21 bits per heavy atom. The summed E-state index contributed by atoms with van der Waals surface area (Å²) in [5, 5.41) is 7.48. The Balaban J connectivity index is 1.65. The van der Waals surface area contributed by atoms with Crippen molar-refractivity contribution in [3.05, 3.63) is 111 Å². The molecular weight excluding hydrogens is 461 g/mol. The number of para-hydroxylation sites is 1. The van der Waals surface area contributed by atoms with Crippen LogP contribution in [0, 0.1) is 6.92 Å². The molecule has 166 valence electrons. The summed E-state index contributed by atoms with van der Waals surface area (Å²) in [6, 6.07) is 26.2. The molecule has 0 unspecified atom stereocenters. The Kier molecular flexibility index (Phi) is 5.24. The first kappa shape index (κ1) is 21.2. The number of aromatic nitrogens is 3. The Labute approximate surface area is 208 Å². The molecule has 3 aromatic carbocycles. The highest BCUT2D eigenvalue weighted by molar-refractivity contribution is 6.31. The first-order valence-corrected chi connectivity index (χ1v) is 12.0. The highest BCUT2D eigenvalue weighted by Gasteiger charge is 2.27. The van der Waals surface area contributed by atoms with Gasteiger partial charge in [0.05, 0.1) is 22.5 Å². The van der Waals surface area contributed by atoms with Crippen molar-refractivity contribution in [1.29, 1.82) is 0 Å². The zero-order valence-electron chi connectivity index (χ0n) is 18.6. The SMILES string of the molecule is Cc1nn(-c2ccccc2)c2nc3c(c(-c4ccc(Cl)cc4)c12)CC/C3=C\c1ccc(Cl)cc1. The van der Waals surface area contributed by atoms with Gasteiger partial charge in [0, 0.05) is 10.0 Å². The van der Waals surface area contributed by atoms with Crippen LogP contribution in [0.15, 0.2) is 78.9 Å². The molecule has 0 bridgehead atoms. The molecule has 3 nitrogen and oxygen atoms in total. The van der Waals surface area contributed by atoms with E-state index in [0.717, 1.165) is 62.1 Å². The van der Waals surface area contributed by atoms with Gasteiger partial charge < -0.3 is 0 Å². The van der Waals surface area contributed by atoms with Crippen LogP contribution in [0.3, 0.4) is 0 Å². The van der Waals surface area contributed by atoms with Crippen molar-refractivity contribution in [2.45, 2.75) is 19.8 Å². The van der Waals surface area contributed by atoms with Gasteiger partial charge in [-0.1, -0.05) is 65.7 Å². The third kappa shape index (κ3) is 3.62. The minimum atomic E-state index is 0.728. The highest BCUT2D eigenvalue weighted by Crippen LogP contribution is 2.43. The number of hydrogen-bond donors (Lipinski definition) is 0. The quantitative estimate of drug-likeness (QED) is 0.260. The second-order valence-corrected chi connectivity index (χ2v) is 9.45. The molecule has 0 amide bonds. The number of pyridine rings is 1. The number of nitrogens with zero attached hydrogens (tertiary/aromatic N) is 3. The lowest BCUT2D eigenvalue weighted by Crippen LogP contribution is -2.00. The van der Waals surface area contributed by atoms with Crippen molar-refractivity contribution in [2.75, 3.05) is 0 Å². The van der Waals surface area contributed by atoms with Gasteiger partial charge in [0.1, 0.15) is 0 Å². The van der Waals surface area contributed by atoms with Crippen LogP contribution < -0.4 is 0 Å². The summed E-state index contributed by atoms with van der Waals surface area (Å²) in [6.45, 7) is 2.06. The van der Waals surface area contributed by atoms with E-state index in [4.69, 9.17) is 33.3 Å². The summed E-state index contributed by atoms with van der Waals surface area (Å²) in [5.74, 6) is 0. The van der Waals surface area contributed by atoms with Crippen molar-refractivity contribution in [3.8, 4) is 16.8 Å². The van der Waals surface area contributed by atoms with Gasteiger partial charge in [-0.2, -0.15) is 5.10 Å². The fourth-order valence-electron chi connectivity index (χ4n) is 4.83. The molecule has 34 heavy (non-hydrogen) atoms. The Morgan fingerprint density at radius 1 is 0.824 bits per heavy atom. The summed E-state index contributed by atoms with van der Waals surface area (Å²) in [4.78, 5) is 5.23. The zero-order chi connectivity index (χ0) is 23.2. The zero-order valence-corrected chi connectivity index (χ0v) is 20.1. The lowest BCUT2D eigenvalue weighted by molar-refractivity contribution is 0.877. The van der Waals surface area contributed by atoms with Gasteiger partial charge in [0.25, 0.3) is 0 Å². The average molecular weight is 482 g/mol. The van der Waals surface area contributed by atoms with Crippen LogP contribution in [-0.2, 0) is 6.42 Å². The number of halogens is 2. The second-order valence-electron chi connectivity index (χ2n) is 8.57. The van der Waals surface area contributed by atoms with E-state index < -0.39 is 0 Å². The number of aryl methyl sites for hydroxylation is 1. The van der Waals surface area contributed by atoms with E-state index in [1.807, 2.05) is 59.3 Å². The third-order valence-corrected chi connectivity index (χ3v) is 6.89. The largest absolute Gasteiger partial charge is 0.228 e. The van der Waals surface area contributed by atoms with Gasteiger partial charge in [0.2, 0.25) is 0 Å². The third-order valence-electron chi connectivity index (χ3n) is 6.38. The highest BCUT2D eigenvalue weighted by atomic mass is 35.5. The summed E-state index contributed by atoms with van der Waals surface area (Å²) in [7, 11) is 0. The molecule has 0 aliphatic heterocycles. The molecule has 2 aromatic heterocycles. The minimum Gasteiger partial charge on any atom is -0.228 e. The van der Waals surface area contributed by atoms with E-state index in [-0.39, 0.29) is 0 Å². The van der Waals surface area contributed by atoms with E-state index >= 15 is 0 Å². The van der Waals surface area contributed by atoms with Gasteiger partial charge in [0.15, 0.2) is 5.65 Å². The lowest BCUT2D eigenvalue weighted by atomic mass is 9.95. The van der Waals surface area contributed by atoms with E-state index in [1.165, 1.54) is 16.7 Å². The van der Waals surface area contributed by atoms with Gasteiger partial charge >= 0.3 is 0 Å². The fourth-order valence-corrected chi connectivity index (χ4v) is 5.08. The molecule has 1 aliphatic rings. The maximum atomic E-state index is 6.23. The molecule has 0 atom stereocenters. The van der Waals surface area contributed by atoms with Gasteiger partial charge in [-0.25, -0.2) is 9.67 Å². The average Bonchev–Trinajstić information content (AvgIpc) is 3.41. The molecule has 0 spiro atoms. The number of benzene rings is 3. The first-order valence-electron chi connectivity index (χ1n) is 11.3. The standard InChI is InChI=1S/C29H21Cl2N3/c1-18-26-27(20-9-14-23(31)15-10-20)25-16-11-21(17-19-7-12-22(30)13-8-19)28(25)32-29(26)34(33-18)24-5-3-2-4-6-24/h2-10,12-15,17H,11,16H2,1H3/b21-17+.